The molecule has 0 radical (unpaired) electrons. The quantitative estimate of drug-likeness (QED) is 0.281. The minimum absolute atomic E-state index is 0.233. The van der Waals surface area contributed by atoms with Gasteiger partial charge >= 0.3 is 5.97 Å². The number of rotatable bonds is 7. The van der Waals surface area contributed by atoms with Gasteiger partial charge in [0.25, 0.3) is 5.91 Å². The van der Waals surface area contributed by atoms with Crippen LogP contribution in [0.5, 0.6) is 17.2 Å². The van der Waals surface area contributed by atoms with Crippen LogP contribution in [0.3, 0.4) is 0 Å². The van der Waals surface area contributed by atoms with Crippen LogP contribution in [-0.2, 0) is 0 Å². The third-order valence-corrected chi connectivity index (χ3v) is 4.13. The predicted molar refractivity (Wildman–Crippen MR) is 112 cm³/mol. The van der Waals surface area contributed by atoms with Gasteiger partial charge in [0.1, 0.15) is 5.75 Å². The van der Waals surface area contributed by atoms with Crippen molar-refractivity contribution in [2.75, 3.05) is 14.2 Å². The van der Waals surface area contributed by atoms with E-state index in [0.717, 1.165) is 0 Å². The maximum absolute atomic E-state index is 12.4. The Balaban J connectivity index is 1.71. The molecule has 0 saturated carbocycles. The van der Waals surface area contributed by atoms with E-state index in [0.29, 0.717) is 28.2 Å². The number of methoxy groups -OCH3 is 2. The Kier molecular flexibility index (Phi) is 6.78. The molecule has 7 heteroatoms. The lowest BCUT2D eigenvalue weighted by atomic mass is 10.2. The van der Waals surface area contributed by atoms with Gasteiger partial charge in [0, 0.05) is 5.56 Å². The lowest BCUT2D eigenvalue weighted by Crippen LogP contribution is -2.17. The highest BCUT2D eigenvalue weighted by atomic mass is 16.6. The van der Waals surface area contributed by atoms with Crippen molar-refractivity contribution in [2.45, 2.75) is 0 Å². The van der Waals surface area contributed by atoms with E-state index < -0.39 is 5.97 Å². The number of hydrogen-bond acceptors (Lipinski definition) is 6. The minimum Gasteiger partial charge on any atom is -0.497 e. The fourth-order valence-electron chi connectivity index (χ4n) is 2.56. The molecule has 0 aliphatic heterocycles. The Morgan fingerprint density at radius 3 is 2.23 bits per heavy atom. The minimum atomic E-state index is -0.539. The summed E-state index contributed by atoms with van der Waals surface area (Å²) in [7, 11) is 3.03. The molecule has 1 amide bonds. The molecule has 3 rings (SSSR count). The van der Waals surface area contributed by atoms with Crippen molar-refractivity contribution in [1.29, 1.82) is 0 Å². The summed E-state index contributed by atoms with van der Waals surface area (Å²) in [6, 6.07) is 20.3. The van der Waals surface area contributed by atoms with Gasteiger partial charge < -0.3 is 14.2 Å². The number of ether oxygens (including phenoxy) is 3. The second-order valence-electron chi connectivity index (χ2n) is 6.09. The van der Waals surface area contributed by atoms with Crippen molar-refractivity contribution in [3.05, 3.63) is 89.5 Å². The highest BCUT2D eigenvalue weighted by molar-refractivity contribution is 5.95. The first-order valence-corrected chi connectivity index (χ1v) is 9.03. The first-order valence-electron chi connectivity index (χ1n) is 9.03. The van der Waals surface area contributed by atoms with Crippen LogP contribution in [0.15, 0.2) is 77.9 Å². The number of esters is 1. The summed E-state index contributed by atoms with van der Waals surface area (Å²) < 4.78 is 15.8. The van der Waals surface area contributed by atoms with E-state index in [1.54, 1.807) is 73.8 Å². The van der Waals surface area contributed by atoms with Gasteiger partial charge in [-0.3, -0.25) is 4.79 Å². The molecule has 0 heterocycles. The van der Waals surface area contributed by atoms with E-state index in [1.807, 2.05) is 6.07 Å². The molecular weight excluding hydrogens is 384 g/mol. The number of amides is 1. The lowest BCUT2D eigenvalue weighted by Gasteiger charge is -2.10. The first kappa shape index (κ1) is 20.6. The number of carbonyl (C=O) groups is 2. The van der Waals surface area contributed by atoms with Crippen LogP contribution in [-0.4, -0.2) is 32.3 Å². The third-order valence-electron chi connectivity index (χ3n) is 4.13. The van der Waals surface area contributed by atoms with Crippen molar-refractivity contribution in [3.63, 3.8) is 0 Å². The molecule has 7 nitrogen and oxygen atoms in total. The predicted octanol–water partition coefficient (Wildman–Crippen LogP) is 3.69. The molecule has 0 aliphatic rings. The Morgan fingerprint density at radius 2 is 1.57 bits per heavy atom. The molecule has 1 N–H and O–H groups in total. The topological polar surface area (TPSA) is 86.2 Å². The van der Waals surface area contributed by atoms with Crippen molar-refractivity contribution in [3.8, 4) is 17.2 Å². The first-order chi connectivity index (χ1) is 14.6. The number of benzene rings is 3. The number of nitrogens with zero attached hydrogens (tertiary/aromatic N) is 1. The van der Waals surface area contributed by atoms with Crippen molar-refractivity contribution >= 4 is 18.1 Å². The normalized spacial score (nSPS) is 10.5. The number of carbonyl (C=O) groups excluding carboxylic acids is 2. The molecular formula is C23H20N2O5. The van der Waals surface area contributed by atoms with Crippen LogP contribution >= 0.6 is 0 Å². The number of nitrogens with one attached hydrogen (secondary N) is 1. The summed E-state index contributed by atoms with van der Waals surface area (Å²) in [4.78, 5) is 24.5. The molecule has 0 aromatic heterocycles. The summed E-state index contributed by atoms with van der Waals surface area (Å²) in [6.45, 7) is 0. The van der Waals surface area contributed by atoms with Crippen LogP contribution in [0, 0.1) is 0 Å². The molecule has 0 fully saturated rings. The summed E-state index contributed by atoms with van der Waals surface area (Å²) in [6.07, 6.45) is 1.45. The van der Waals surface area contributed by atoms with E-state index in [4.69, 9.17) is 14.2 Å². The maximum Gasteiger partial charge on any atom is 0.343 e. The summed E-state index contributed by atoms with van der Waals surface area (Å²) >= 11 is 0. The standard InChI is InChI=1S/C23H20N2O5/c1-28-19-11-9-18(10-12-19)23(27)30-21-14-16(8-13-20(21)29-2)15-24-25-22(26)17-6-4-3-5-7-17/h3-15H,1-2H3,(H,25,26)/b24-15-. The monoisotopic (exact) mass is 404 g/mol. The highest BCUT2D eigenvalue weighted by Gasteiger charge is 2.13. The smallest absolute Gasteiger partial charge is 0.343 e. The summed E-state index contributed by atoms with van der Waals surface area (Å²) in [5.74, 6) is 0.396. The van der Waals surface area contributed by atoms with E-state index in [9.17, 15) is 9.59 Å². The van der Waals surface area contributed by atoms with Gasteiger partial charge in [-0.05, 0) is 60.2 Å². The molecule has 3 aromatic carbocycles. The third kappa shape index (κ3) is 5.23. The van der Waals surface area contributed by atoms with Crippen molar-refractivity contribution in [1.82, 2.24) is 5.43 Å². The average molecular weight is 404 g/mol. The summed E-state index contributed by atoms with van der Waals surface area (Å²) in [5, 5.41) is 3.95. The number of hydrogen-bond donors (Lipinski definition) is 1. The van der Waals surface area contributed by atoms with Crippen LogP contribution in [0.2, 0.25) is 0 Å². The average Bonchev–Trinajstić information content (AvgIpc) is 2.79. The van der Waals surface area contributed by atoms with Gasteiger partial charge in [-0.15, -0.1) is 0 Å². The molecule has 152 valence electrons. The second kappa shape index (κ2) is 9.88. The van der Waals surface area contributed by atoms with E-state index in [2.05, 4.69) is 10.5 Å². The van der Waals surface area contributed by atoms with Gasteiger partial charge in [-0.2, -0.15) is 5.10 Å². The zero-order chi connectivity index (χ0) is 21.3. The molecule has 0 spiro atoms. The highest BCUT2D eigenvalue weighted by Crippen LogP contribution is 2.28. The Bertz CT molecular complexity index is 1050. The Morgan fingerprint density at radius 1 is 0.833 bits per heavy atom. The maximum atomic E-state index is 12.4. The molecule has 30 heavy (non-hydrogen) atoms. The Labute approximate surface area is 173 Å². The summed E-state index contributed by atoms with van der Waals surface area (Å²) in [5.41, 5.74) is 3.93. The second-order valence-corrected chi connectivity index (χ2v) is 6.09. The van der Waals surface area contributed by atoms with Crippen molar-refractivity contribution < 1.29 is 23.8 Å². The van der Waals surface area contributed by atoms with E-state index in [1.165, 1.54) is 13.3 Å². The SMILES string of the molecule is COc1ccc(C(=O)Oc2cc(/C=N\NC(=O)c3ccccc3)ccc2OC)cc1. The van der Waals surface area contributed by atoms with Gasteiger partial charge in [-0.25, -0.2) is 10.2 Å². The zero-order valence-corrected chi connectivity index (χ0v) is 16.5. The fraction of sp³-hybridized carbons (Fsp3) is 0.0870. The molecule has 0 unspecified atom stereocenters. The van der Waals surface area contributed by atoms with Crippen LogP contribution in [0.25, 0.3) is 0 Å². The molecule has 0 bridgehead atoms. The fourth-order valence-corrected chi connectivity index (χ4v) is 2.56. The van der Waals surface area contributed by atoms with Gasteiger partial charge in [0.15, 0.2) is 11.5 Å². The van der Waals surface area contributed by atoms with Gasteiger partial charge in [-0.1, -0.05) is 18.2 Å². The lowest BCUT2D eigenvalue weighted by molar-refractivity contribution is 0.0729. The Hall–Kier alpha value is -4.13. The number of hydrazone groups is 1. The van der Waals surface area contributed by atoms with Crippen LogP contribution in [0.1, 0.15) is 26.3 Å². The van der Waals surface area contributed by atoms with Gasteiger partial charge in [0.05, 0.1) is 26.0 Å². The van der Waals surface area contributed by atoms with E-state index >= 15 is 0 Å². The zero-order valence-electron chi connectivity index (χ0n) is 16.5. The molecule has 0 saturated heterocycles. The van der Waals surface area contributed by atoms with Gasteiger partial charge in [0.2, 0.25) is 0 Å². The molecule has 0 aliphatic carbocycles. The van der Waals surface area contributed by atoms with E-state index in [-0.39, 0.29) is 11.7 Å². The molecule has 3 aromatic rings. The molecule has 0 atom stereocenters. The van der Waals surface area contributed by atoms with Crippen molar-refractivity contribution in [2.24, 2.45) is 5.10 Å². The largest absolute Gasteiger partial charge is 0.497 e. The van der Waals surface area contributed by atoms with Crippen LogP contribution < -0.4 is 19.6 Å². The van der Waals surface area contributed by atoms with Crippen LogP contribution in [0.4, 0.5) is 0 Å².